The zero-order valence-corrected chi connectivity index (χ0v) is 29.3. The van der Waals surface area contributed by atoms with Gasteiger partial charge in [0.05, 0.1) is 0 Å². The highest BCUT2D eigenvalue weighted by Crippen LogP contribution is 2.20. The van der Waals surface area contributed by atoms with Gasteiger partial charge < -0.3 is 16.5 Å². The Balaban J connectivity index is 1.81. The molecule has 0 aromatic heterocycles. The highest BCUT2D eigenvalue weighted by atomic mass is 28.5. The van der Waals surface area contributed by atoms with Gasteiger partial charge in [-0.2, -0.15) is 0 Å². The largest absolute Gasteiger partial charge is 0.430 e. The van der Waals surface area contributed by atoms with Crippen molar-refractivity contribution >= 4 is 64.5 Å². The maximum Gasteiger partial charge on any atom is 0.387 e. The summed E-state index contributed by atoms with van der Waals surface area (Å²) in [6.07, 6.45) is 0. The van der Waals surface area contributed by atoms with Crippen LogP contribution in [0.5, 0.6) is 0 Å². The Kier molecular flexibility index (Phi) is 9.58. The number of benzene rings is 4. The van der Waals surface area contributed by atoms with E-state index in [-0.39, 0.29) is 0 Å². The van der Waals surface area contributed by atoms with E-state index >= 15 is 0 Å². The normalized spacial score (nSPS) is 12.9. The summed E-state index contributed by atoms with van der Waals surface area (Å²) < 4.78 is 28.5. The molecule has 0 atom stereocenters. The molecule has 4 aromatic carbocycles. The lowest BCUT2D eigenvalue weighted by Crippen LogP contribution is -2.70. The molecule has 0 heterocycles. The monoisotopic (exact) mass is 604 g/mol. The van der Waals surface area contributed by atoms with Crippen LogP contribution >= 0.6 is 0 Å². The van der Waals surface area contributed by atoms with E-state index in [1.54, 1.807) is 0 Å². The summed E-state index contributed by atoms with van der Waals surface area (Å²) in [5, 5.41) is 4.42. The van der Waals surface area contributed by atoms with Gasteiger partial charge in [-0.25, -0.2) is 0 Å². The highest BCUT2D eigenvalue weighted by Gasteiger charge is 2.49. The van der Waals surface area contributed by atoms with Gasteiger partial charge in [-0.1, -0.05) is 121 Å². The lowest BCUT2D eigenvalue weighted by atomic mass is 10.4. The first kappa shape index (κ1) is 29.8. The van der Waals surface area contributed by atoms with Crippen molar-refractivity contribution in [2.24, 2.45) is 0 Å². The van der Waals surface area contributed by atoms with Gasteiger partial charge in [0.1, 0.15) is 0 Å². The van der Waals surface area contributed by atoms with Gasteiger partial charge >= 0.3 is 17.1 Å². The highest BCUT2D eigenvalue weighted by molar-refractivity contribution is 7.02. The summed E-state index contributed by atoms with van der Waals surface area (Å²) in [7, 11) is -11.8. The van der Waals surface area contributed by atoms with Gasteiger partial charge in [-0.05, 0) is 60.0 Å². The van der Waals surface area contributed by atoms with E-state index in [1.165, 1.54) is 0 Å². The summed E-state index contributed by atoms with van der Waals surface area (Å²) in [5.74, 6) is 0. The third-order valence-corrected chi connectivity index (χ3v) is 21.8. The first-order valence-electron chi connectivity index (χ1n) is 13.4. The van der Waals surface area contributed by atoms with E-state index in [0.29, 0.717) is 0 Å². The molecular formula is C30H40O4Si5. The second-order valence-corrected chi connectivity index (χ2v) is 28.9. The SMILES string of the molecule is C[Si](C)(C)O[Si](O[SiH2]O[Si](O[Si](C)(C)C)(c1ccccc1)c1ccccc1)(c1ccccc1)c1ccccc1. The van der Waals surface area contributed by atoms with Gasteiger partial charge in [0.2, 0.25) is 0 Å². The number of hydrogen-bond donors (Lipinski definition) is 0. The molecule has 0 unspecified atom stereocenters. The van der Waals surface area contributed by atoms with Crippen molar-refractivity contribution in [3.8, 4) is 0 Å². The average Bonchev–Trinajstić information content (AvgIpc) is 2.92. The number of rotatable bonds is 12. The van der Waals surface area contributed by atoms with Crippen molar-refractivity contribution in [1.29, 1.82) is 0 Å². The van der Waals surface area contributed by atoms with E-state index in [1.807, 2.05) is 24.3 Å². The zero-order valence-electron chi connectivity index (χ0n) is 23.9. The average molecular weight is 605 g/mol. The molecule has 0 amide bonds. The van der Waals surface area contributed by atoms with Gasteiger partial charge in [0.15, 0.2) is 16.6 Å². The molecule has 9 heteroatoms. The quantitative estimate of drug-likeness (QED) is 0.227. The molecule has 0 aliphatic rings. The van der Waals surface area contributed by atoms with Crippen LogP contribution in [0.25, 0.3) is 0 Å². The standard InChI is InChI=1S/C30H40O4Si5/c1-36(2,3)33-38(27-19-11-7-12-20-27,28-21-13-8-14-22-28)31-35-32-39(34-37(4,5)6,29-23-15-9-16-24-29)30-25-17-10-18-26-30/h7-26H,35H2,1-6H3. The smallest absolute Gasteiger partial charge is 0.387 e. The molecule has 0 aliphatic carbocycles. The Morgan fingerprint density at radius 2 is 0.615 bits per heavy atom. The molecule has 4 rings (SSSR count). The van der Waals surface area contributed by atoms with Gasteiger partial charge in [-0.3, -0.25) is 0 Å². The minimum absolute atomic E-state index is 1.10. The molecule has 204 valence electrons. The van der Waals surface area contributed by atoms with Crippen molar-refractivity contribution in [2.45, 2.75) is 39.3 Å². The molecule has 39 heavy (non-hydrogen) atoms. The molecular weight excluding hydrogens is 565 g/mol. The van der Waals surface area contributed by atoms with Crippen molar-refractivity contribution < 1.29 is 16.5 Å². The van der Waals surface area contributed by atoms with Gasteiger partial charge in [-0.15, -0.1) is 0 Å². The van der Waals surface area contributed by atoms with Crippen molar-refractivity contribution in [1.82, 2.24) is 0 Å². The summed E-state index contributed by atoms with van der Waals surface area (Å²) in [4.78, 5) is 0. The van der Waals surface area contributed by atoms with Crippen molar-refractivity contribution in [3.05, 3.63) is 121 Å². The molecule has 0 bridgehead atoms. The number of hydrogen-bond acceptors (Lipinski definition) is 4. The second-order valence-electron chi connectivity index (χ2n) is 11.5. The van der Waals surface area contributed by atoms with Crippen LogP contribution in [0.4, 0.5) is 0 Å². The van der Waals surface area contributed by atoms with Crippen LogP contribution in [0.3, 0.4) is 0 Å². The van der Waals surface area contributed by atoms with Crippen molar-refractivity contribution in [3.63, 3.8) is 0 Å². The molecule has 0 aliphatic heterocycles. The van der Waals surface area contributed by atoms with E-state index < -0.39 is 43.8 Å². The molecule has 4 nitrogen and oxygen atoms in total. The van der Waals surface area contributed by atoms with Crippen LogP contribution in [0.2, 0.25) is 39.3 Å². The molecule has 0 spiro atoms. The topological polar surface area (TPSA) is 36.9 Å². The maximum atomic E-state index is 7.13. The first-order chi connectivity index (χ1) is 18.5. The minimum Gasteiger partial charge on any atom is -0.430 e. The molecule has 4 aromatic rings. The summed E-state index contributed by atoms with van der Waals surface area (Å²) in [6.45, 7) is 13.4. The first-order valence-corrected chi connectivity index (χ1v) is 25.0. The summed E-state index contributed by atoms with van der Waals surface area (Å²) in [5.41, 5.74) is 0. The van der Waals surface area contributed by atoms with E-state index in [9.17, 15) is 0 Å². The molecule has 0 saturated heterocycles. The van der Waals surface area contributed by atoms with E-state index in [4.69, 9.17) is 16.5 Å². The van der Waals surface area contributed by atoms with Crippen LogP contribution in [-0.2, 0) is 16.5 Å². The third-order valence-electron chi connectivity index (χ3n) is 6.04. The Bertz CT molecular complexity index is 1110. The molecule has 0 fully saturated rings. The van der Waals surface area contributed by atoms with E-state index in [0.717, 1.165) is 20.7 Å². The van der Waals surface area contributed by atoms with Crippen LogP contribution in [-0.4, -0.2) is 43.8 Å². The Morgan fingerprint density at radius 3 is 0.821 bits per heavy atom. The fraction of sp³-hybridized carbons (Fsp3) is 0.200. The summed E-state index contributed by atoms with van der Waals surface area (Å²) in [6, 6.07) is 41.9. The maximum absolute atomic E-state index is 7.13. The zero-order chi connectivity index (χ0) is 28.0. The Hall–Kier alpha value is -2.20. The second kappa shape index (κ2) is 12.5. The minimum atomic E-state index is -3.07. The summed E-state index contributed by atoms with van der Waals surface area (Å²) >= 11 is 0. The van der Waals surface area contributed by atoms with Crippen LogP contribution in [0.1, 0.15) is 0 Å². The van der Waals surface area contributed by atoms with Crippen LogP contribution in [0.15, 0.2) is 121 Å². The fourth-order valence-corrected chi connectivity index (χ4v) is 22.9. The van der Waals surface area contributed by atoms with Gasteiger partial charge in [0, 0.05) is 0 Å². The van der Waals surface area contributed by atoms with E-state index in [2.05, 4.69) is 136 Å². The lowest BCUT2D eigenvalue weighted by Gasteiger charge is -2.40. The Morgan fingerprint density at radius 1 is 0.385 bits per heavy atom. The lowest BCUT2D eigenvalue weighted by molar-refractivity contribution is 0.353. The third kappa shape index (κ3) is 7.51. The van der Waals surface area contributed by atoms with Crippen LogP contribution < -0.4 is 20.7 Å². The predicted octanol–water partition coefficient (Wildman–Crippen LogP) is 4.23. The van der Waals surface area contributed by atoms with Gasteiger partial charge in [0.25, 0.3) is 10.0 Å². The Labute approximate surface area is 240 Å². The van der Waals surface area contributed by atoms with Crippen molar-refractivity contribution in [2.75, 3.05) is 0 Å². The fourth-order valence-electron chi connectivity index (χ4n) is 4.65. The van der Waals surface area contributed by atoms with Crippen LogP contribution in [0, 0.1) is 0 Å². The predicted molar refractivity (Wildman–Crippen MR) is 175 cm³/mol. The molecule has 0 N–H and O–H groups in total. The molecule has 0 radical (unpaired) electrons. The molecule has 0 saturated carbocycles.